The number of esters is 1. The molecular weight excluding hydrogens is 292 g/mol. The fourth-order valence-electron chi connectivity index (χ4n) is 2.06. The molecule has 2 aromatic rings. The van der Waals surface area contributed by atoms with Crippen molar-refractivity contribution in [2.24, 2.45) is 0 Å². The summed E-state index contributed by atoms with van der Waals surface area (Å²) < 4.78 is 10.6. The molecule has 4 heteroatoms. The van der Waals surface area contributed by atoms with E-state index in [-0.39, 0.29) is 13.2 Å². The lowest BCUT2D eigenvalue weighted by Gasteiger charge is -2.10. The van der Waals surface area contributed by atoms with Gasteiger partial charge in [-0.1, -0.05) is 24.8 Å². The predicted octanol–water partition coefficient (Wildman–Crippen LogP) is 3.51. The van der Waals surface area contributed by atoms with Crippen LogP contribution in [0.5, 0.6) is 11.5 Å². The molecule has 120 valence electrons. The molecule has 1 N–H and O–H groups in total. The summed E-state index contributed by atoms with van der Waals surface area (Å²) in [5.74, 6) is 0.815. The van der Waals surface area contributed by atoms with Crippen LogP contribution in [0.2, 0.25) is 0 Å². The topological polar surface area (TPSA) is 55.8 Å². The maximum Gasteiger partial charge on any atom is 0.338 e. The van der Waals surface area contributed by atoms with Gasteiger partial charge in [-0.25, -0.2) is 4.79 Å². The van der Waals surface area contributed by atoms with Gasteiger partial charge < -0.3 is 14.6 Å². The van der Waals surface area contributed by atoms with Crippen molar-refractivity contribution in [3.8, 4) is 22.6 Å². The fraction of sp³-hybridized carbons (Fsp3) is 0.211. The monoisotopic (exact) mass is 312 g/mol. The van der Waals surface area contributed by atoms with Gasteiger partial charge in [-0.05, 0) is 54.8 Å². The van der Waals surface area contributed by atoms with Crippen molar-refractivity contribution in [1.82, 2.24) is 0 Å². The first-order valence-corrected chi connectivity index (χ1v) is 7.33. The smallest absolute Gasteiger partial charge is 0.338 e. The first-order valence-electron chi connectivity index (χ1n) is 7.33. The van der Waals surface area contributed by atoms with Crippen molar-refractivity contribution in [3.63, 3.8) is 0 Å². The highest BCUT2D eigenvalue weighted by Gasteiger charge is 2.07. The van der Waals surface area contributed by atoms with E-state index < -0.39 is 5.97 Å². The van der Waals surface area contributed by atoms with E-state index in [1.165, 1.54) is 0 Å². The van der Waals surface area contributed by atoms with E-state index in [1.807, 2.05) is 37.3 Å². The molecule has 2 aromatic carbocycles. The molecule has 23 heavy (non-hydrogen) atoms. The van der Waals surface area contributed by atoms with Gasteiger partial charge in [-0.15, -0.1) is 0 Å². The third-order valence-corrected chi connectivity index (χ3v) is 3.27. The molecule has 4 nitrogen and oxygen atoms in total. The number of hydrogen-bond donors (Lipinski definition) is 1. The van der Waals surface area contributed by atoms with E-state index >= 15 is 0 Å². The molecule has 0 aromatic heterocycles. The lowest BCUT2D eigenvalue weighted by molar-refractivity contribution is -0.130. The van der Waals surface area contributed by atoms with Gasteiger partial charge in [0.05, 0.1) is 6.61 Å². The van der Waals surface area contributed by atoms with Crippen molar-refractivity contribution < 1.29 is 19.4 Å². The molecule has 0 aliphatic heterocycles. The zero-order valence-corrected chi connectivity index (χ0v) is 13.3. The normalized spacial score (nSPS) is 10.2. The third kappa shape index (κ3) is 4.44. The molecule has 0 heterocycles. The number of carbonyl (C=O) groups is 1. The van der Waals surface area contributed by atoms with Crippen LogP contribution in [0.15, 0.2) is 54.6 Å². The Balaban J connectivity index is 2.14. The average Bonchev–Trinajstić information content (AvgIpc) is 2.54. The van der Waals surface area contributed by atoms with Crippen molar-refractivity contribution in [2.75, 3.05) is 13.2 Å². The number of aliphatic hydroxyl groups excluding tert-OH is 1. The van der Waals surface area contributed by atoms with Gasteiger partial charge in [-0.3, -0.25) is 0 Å². The number of ether oxygens (including phenoxy) is 2. The molecule has 0 unspecified atom stereocenters. The zero-order valence-electron chi connectivity index (χ0n) is 13.3. The second-order valence-electron chi connectivity index (χ2n) is 5.25. The van der Waals surface area contributed by atoms with E-state index in [1.54, 1.807) is 19.1 Å². The Bertz CT molecular complexity index is 702. The molecule has 0 saturated heterocycles. The summed E-state index contributed by atoms with van der Waals surface area (Å²) in [4.78, 5) is 11.5. The van der Waals surface area contributed by atoms with E-state index in [0.29, 0.717) is 11.3 Å². The highest BCUT2D eigenvalue weighted by Crippen LogP contribution is 2.27. The maximum absolute atomic E-state index is 11.5. The zero-order chi connectivity index (χ0) is 16.8. The van der Waals surface area contributed by atoms with Gasteiger partial charge in [0.2, 0.25) is 0 Å². The molecular formula is C19H20O4. The molecule has 0 amide bonds. The Labute approximate surface area is 136 Å². The Hall–Kier alpha value is -2.59. The van der Waals surface area contributed by atoms with Gasteiger partial charge >= 0.3 is 5.97 Å². The average molecular weight is 312 g/mol. The standard InChI is InChI=1S/C19H20O4/c1-13(2)19(21)23-17-7-4-15(5-8-17)16-6-9-18(14(3)12-16)22-11-10-20/h4-9,12,20H,1,10-11H2,2-3H3. The van der Waals surface area contributed by atoms with Crippen LogP contribution in [0.1, 0.15) is 12.5 Å². The number of aliphatic hydroxyl groups is 1. The van der Waals surface area contributed by atoms with E-state index in [4.69, 9.17) is 14.6 Å². The molecule has 0 aliphatic carbocycles. The summed E-state index contributed by atoms with van der Waals surface area (Å²) in [7, 11) is 0. The van der Waals surface area contributed by atoms with Gasteiger partial charge in [-0.2, -0.15) is 0 Å². The van der Waals surface area contributed by atoms with E-state index in [2.05, 4.69) is 6.58 Å². The minimum atomic E-state index is -0.432. The molecule has 0 fully saturated rings. The molecule has 0 bridgehead atoms. The van der Waals surface area contributed by atoms with Crippen LogP contribution >= 0.6 is 0 Å². The van der Waals surface area contributed by atoms with Crippen LogP contribution in [0, 0.1) is 6.92 Å². The van der Waals surface area contributed by atoms with Crippen LogP contribution in [-0.2, 0) is 4.79 Å². The number of hydrogen-bond acceptors (Lipinski definition) is 4. The van der Waals surface area contributed by atoms with Gasteiger partial charge in [0.15, 0.2) is 0 Å². The van der Waals surface area contributed by atoms with Crippen molar-refractivity contribution in [1.29, 1.82) is 0 Å². The van der Waals surface area contributed by atoms with Crippen LogP contribution in [0.3, 0.4) is 0 Å². The molecule has 2 rings (SSSR count). The second kappa shape index (κ2) is 7.61. The Morgan fingerprint density at radius 2 is 1.78 bits per heavy atom. The summed E-state index contributed by atoms with van der Waals surface area (Å²) in [6, 6.07) is 13.1. The highest BCUT2D eigenvalue weighted by atomic mass is 16.5. The number of aryl methyl sites for hydroxylation is 1. The maximum atomic E-state index is 11.5. The largest absolute Gasteiger partial charge is 0.491 e. The lowest BCUT2D eigenvalue weighted by Crippen LogP contribution is -2.07. The summed E-state index contributed by atoms with van der Waals surface area (Å²) in [6.45, 7) is 7.39. The Morgan fingerprint density at radius 3 is 2.35 bits per heavy atom. The van der Waals surface area contributed by atoms with Gasteiger partial charge in [0.1, 0.15) is 18.1 Å². The molecule has 0 atom stereocenters. The molecule has 0 radical (unpaired) electrons. The lowest BCUT2D eigenvalue weighted by atomic mass is 10.0. The SMILES string of the molecule is C=C(C)C(=O)Oc1ccc(-c2ccc(OCCO)c(C)c2)cc1. The van der Waals surface area contributed by atoms with Crippen LogP contribution in [0.25, 0.3) is 11.1 Å². The minimum Gasteiger partial charge on any atom is -0.491 e. The summed E-state index contributed by atoms with van der Waals surface area (Å²) in [6.07, 6.45) is 0. The van der Waals surface area contributed by atoms with Crippen molar-refractivity contribution in [2.45, 2.75) is 13.8 Å². The summed E-state index contributed by atoms with van der Waals surface area (Å²) >= 11 is 0. The Kier molecular flexibility index (Phi) is 5.55. The molecule has 0 aliphatic rings. The quantitative estimate of drug-likeness (QED) is 0.504. The third-order valence-electron chi connectivity index (χ3n) is 3.27. The van der Waals surface area contributed by atoms with Crippen LogP contribution in [-0.4, -0.2) is 24.3 Å². The van der Waals surface area contributed by atoms with Crippen molar-refractivity contribution >= 4 is 5.97 Å². The van der Waals surface area contributed by atoms with E-state index in [0.717, 1.165) is 22.4 Å². The molecule has 0 saturated carbocycles. The van der Waals surface area contributed by atoms with Gasteiger partial charge in [0.25, 0.3) is 0 Å². The minimum absolute atomic E-state index is 0.00838. The van der Waals surface area contributed by atoms with Gasteiger partial charge in [0, 0.05) is 5.57 Å². The second-order valence-corrected chi connectivity index (χ2v) is 5.25. The number of benzene rings is 2. The Morgan fingerprint density at radius 1 is 1.13 bits per heavy atom. The first kappa shape index (κ1) is 16.8. The fourth-order valence-corrected chi connectivity index (χ4v) is 2.06. The summed E-state index contributed by atoms with van der Waals surface area (Å²) in [5, 5.41) is 8.81. The molecule has 0 spiro atoms. The van der Waals surface area contributed by atoms with Crippen LogP contribution < -0.4 is 9.47 Å². The first-order chi connectivity index (χ1) is 11.0. The predicted molar refractivity (Wildman–Crippen MR) is 89.6 cm³/mol. The van der Waals surface area contributed by atoms with E-state index in [9.17, 15) is 4.79 Å². The van der Waals surface area contributed by atoms with Crippen LogP contribution in [0.4, 0.5) is 0 Å². The number of rotatable bonds is 6. The number of carbonyl (C=O) groups excluding carboxylic acids is 1. The van der Waals surface area contributed by atoms with Crippen molar-refractivity contribution in [3.05, 3.63) is 60.2 Å². The highest BCUT2D eigenvalue weighted by molar-refractivity contribution is 5.88. The summed E-state index contributed by atoms with van der Waals surface area (Å²) in [5.41, 5.74) is 3.41.